The molecule has 1 fully saturated rings. The number of alkyl carbamates (subject to hydrolysis) is 1. The number of nitrogens with one attached hydrogen (secondary N) is 2. The van der Waals surface area contributed by atoms with Crippen LogP contribution in [0.1, 0.15) is 40.0 Å². The summed E-state index contributed by atoms with van der Waals surface area (Å²) in [5, 5.41) is 2.58. The zero-order valence-electron chi connectivity index (χ0n) is 9.92. The molecule has 1 saturated carbocycles. The zero-order chi connectivity index (χ0) is 12.4. The summed E-state index contributed by atoms with van der Waals surface area (Å²) in [6.45, 7) is 5.30. The molecule has 1 aliphatic rings. The largest absolute Gasteiger partial charge is 0.444 e. The summed E-state index contributed by atoms with van der Waals surface area (Å²) in [6.07, 6.45) is 1.49. The normalized spacial score (nSPS) is 18.2. The minimum atomic E-state index is -0.878. The lowest BCUT2D eigenvalue weighted by atomic mass is 9.76. The number of hydrazine groups is 1. The molecule has 4 N–H and O–H groups in total. The van der Waals surface area contributed by atoms with E-state index < -0.39 is 17.2 Å². The summed E-state index contributed by atoms with van der Waals surface area (Å²) in [5.74, 6) is 4.71. The number of hydrogen-bond donors (Lipinski definition) is 3. The van der Waals surface area contributed by atoms with Crippen molar-refractivity contribution in [2.75, 3.05) is 0 Å². The highest BCUT2D eigenvalue weighted by molar-refractivity contribution is 5.90. The number of hydrogen-bond acceptors (Lipinski definition) is 4. The zero-order valence-corrected chi connectivity index (χ0v) is 9.92. The lowest BCUT2D eigenvalue weighted by Gasteiger charge is -2.40. The number of nitrogens with two attached hydrogens (primary N) is 1. The molecule has 6 heteroatoms. The smallest absolute Gasteiger partial charge is 0.408 e. The van der Waals surface area contributed by atoms with Crippen LogP contribution in [0.25, 0.3) is 0 Å². The van der Waals surface area contributed by atoms with Gasteiger partial charge in [-0.1, -0.05) is 0 Å². The molecular weight excluding hydrogens is 210 g/mol. The van der Waals surface area contributed by atoms with Gasteiger partial charge in [-0.15, -0.1) is 0 Å². The maximum absolute atomic E-state index is 11.5. The predicted molar refractivity (Wildman–Crippen MR) is 58.3 cm³/mol. The first-order valence-corrected chi connectivity index (χ1v) is 5.31. The van der Waals surface area contributed by atoms with Crippen molar-refractivity contribution in [3.05, 3.63) is 0 Å². The Hall–Kier alpha value is -1.30. The molecule has 0 heterocycles. The summed E-state index contributed by atoms with van der Waals surface area (Å²) in [5.41, 5.74) is 0.614. The van der Waals surface area contributed by atoms with Gasteiger partial charge in [-0.3, -0.25) is 10.2 Å². The fraction of sp³-hybridized carbons (Fsp3) is 0.800. The Kier molecular flexibility index (Phi) is 3.42. The van der Waals surface area contributed by atoms with Crippen LogP contribution in [0.5, 0.6) is 0 Å². The topological polar surface area (TPSA) is 93.4 Å². The van der Waals surface area contributed by atoms with Gasteiger partial charge in [-0.2, -0.15) is 0 Å². The van der Waals surface area contributed by atoms with E-state index in [0.717, 1.165) is 6.42 Å². The van der Waals surface area contributed by atoms with Crippen LogP contribution < -0.4 is 16.6 Å². The Morgan fingerprint density at radius 1 is 1.31 bits per heavy atom. The first-order valence-electron chi connectivity index (χ1n) is 5.31. The number of amides is 2. The highest BCUT2D eigenvalue weighted by Gasteiger charge is 2.46. The molecule has 0 bridgehead atoms. The van der Waals surface area contributed by atoms with E-state index in [1.807, 2.05) is 0 Å². The van der Waals surface area contributed by atoms with Crippen molar-refractivity contribution in [2.24, 2.45) is 5.84 Å². The fourth-order valence-corrected chi connectivity index (χ4v) is 1.58. The second-order valence-electron chi connectivity index (χ2n) is 5.04. The van der Waals surface area contributed by atoms with Gasteiger partial charge in [0.05, 0.1) is 0 Å². The Bertz CT molecular complexity index is 292. The Morgan fingerprint density at radius 3 is 2.19 bits per heavy atom. The molecule has 0 unspecified atom stereocenters. The molecule has 0 saturated heterocycles. The highest BCUT2D eigenvalue weighted by Crippen LogP contribution is 2.32. The molecular formula is C10H19N3O3. The predicted octanol–water partition coefficient (Wildman–Crippen LogP) is 0.424. The molecule has 6 nitrogen and oxygen atoms in total. The second kappa shape index (κ2) is 4.29. The van der Waals surface area contributed by atoms with Gasteiger partial charge in [0.15, 0.2) is 0 Å². The third kappa shape index (κ3) is 2.85. The minimum absolute atomic E-state index is 0.371. The van der Waals surface area contributed by atoms with Gasteiger partial charge in [0.25, 0.3) is 5.91 Å². The summed E-state index contributed by atoms with van der Waals surface area (Å²) < 4.78 is 5.09. The van der Waals surface area contributed by atoms with E-state index in [1.165, 1.54) is 0 Å². The van der Waals surface area contributed by atoms with Crippen LogP contribution in [-0.2, 0) is 9.53 Å². The van der Waals surface area contributed by atoms with E-state index in [2.05, 4.69) is 10.7 Å². The quantitative estimate of drug-likeness (QED) is 0.363. The van der Waals surface area contributed by atoms with Gasteiger partial charge < -0.3 is 10.1 Å². The lowest BCUT2D eigenvalue weighted by molar-refractivity contribution is -0.131. The van der Waals surface area contributed by atoms with Gasteiger partial charge in [-0.05, 0) is 40.0 Å². The number of rotatable bonds is 2. The van der Waals surface area contributed by atoms with Crippen molar-refractivity contribution >= 4 is 12.0 Å². The van der Waals surface area contributed by atoms with Crippen molar-refractivity contribution in [3.8, 4) is 0 Å². The standard InChI is InChI=1S/C10H19N3O3/c1-9(2,3)16-8(15)12-10(5-4-6-10)7(14)13-11/h4-6,11H2,1-3H3,(H,12,15)(H,13,14). The average molecular weight is 229 g/mol. The highest BCUT2D eigenvalue weighted by atomic mass is 16.6. The molecule has 92 valence electrons. The molecule has 0 aromatic rings. The lowest BCUT2D eigenvalue weighted by Crippen LogP contribution is -2.64. The van der Waals surface area contributed by atoms with Crippen LogP contribution >= 0.6 is 0 Å². The fourth-order valence-electron chi connectivity index (χ4n) is 1.58. The van der Waals surface area contributed by atoms with Crippen LogP contribution in [0.4, 0.5) is 4.79 Å². The van der Waals surface area contributed by atoms with Crippen molar-refractivity contribution < 1.29 is 14.3 Å². The maximum atomic E-state index is 11.5. The van der Waals surface area contributed by atoms with Crippen LogP contribution in [0.3, 0.4) is 0 Å². The SMILES string of the molecule is CC(C)(C)OC(=O)NC1(C(=O)NN)CCC1. The molecule has 16 heavy (non-hydrogen) atoms. The number of carbonyl (C=O) groups is 2. The van der Waals surface area contributed by atoms with Gasteiger partial charge >= 0.3 is 6.09 Å². The van der Waals surface area contributed by atoms with E-state index in [4.69, 9.17) is 10.6 Å². The summed E-state index contributed by atoms with van der Waals surface area (Å²) >= 11 is 0. The molecule has 0 spiro atoms. The van der Waals surface area contributed by atoms with Crippen LogP contribution in [-0.4, -0.2) is 23.1 Å². The molecule has 1 aliphatic carbocycles. The summed E-state index contributed by atoms with van der Waals surface area (Å²) in [6, 6.07) is 0. The molecule has 0 aromatic heterocycles. The second-order valence-corrected chi connectivity index (χ2v) is 5.04. The molecule has 0 aromatic carbocycles. The Balaban J connectivity index is 2.58. The van der Waals surface area contributed by atoms with E-state index in [9.17, 15) is 9.59 Å². The van der Waals surface area contributed by atoms with E-state index in [1.54, 1.807) is 20.8 Å². The monoisotopic (exact) mass is 229 g/mol. The van der Waals surface area contributed by atoms with Crippen LogP contribution in [0.2, 0.25) is 0 Å². The summed E-state index contributed by atoms with van der Waals surface area (Å²) in [7, 11) is 0. The van der Waals surface area contributed by atoms with E-state index >= 15 is 0 Å². The molecule has 1 rings (SSSR count). The van der Waals surface area contributed by atoms with E-state index in [0.29, 0.717) is 12.8 Å². The van der Waals surface area contributed by atoms with Crippen molar-refractivity contribution in [1.29, 1.82) is 0 Å². The Labute approximate surface area is 94.9 Å². The minimum Gasteiger partial charge on any atom is -0.444 e. The first-order chi connectivity index (χ1) is 7.29. The third-order valence-electron chi connectivity index (χ3n) is 2.51. The number of ether oxygens (including phenoxy) is 1. The average Bonchev–Trinajstić information content (AvgIpc) is 2.07. The molecule has 0 radical (unpaired) electrons. The van der Waals surface area contributed by atoms with Crippen molar-refractivity contribution in [1.82, 2.24) is 10.7 Å². The summed E-state index contributed by atoms with van der Waals surface area (Å²) in [4.78, 5) is 23.0. The van der Waals surface area contributed by atoms with Crippen LogP contribution in [0, 0.1) is 0 Å². The maximum Gasteiger partial charge on any atom is 0.408 e. The molecule has 2 amide bonds. The van der Waals surface area contributed by atoms with Crippen molar-refractivity contribution in [2.45, 2.75) is 51.2 Å². The molecule has 0 aliphatic heterocycles. The van der Waals surface area contributed by atoms with Crippen LogP contribution in [0.15, 0.2) is 0 Å². The van der Waals surface area contributed by atoms with Gasteiger partial charge in [-0.25, -0.2) is 10.6 Å². The third-order valence-corrected chi connectivity index (χ3v) is 2.51. The Morgan fingerprint density at radius 2 is 1.88 bits per heavy atom. The van der Waals surface area contributed by atoms with E-state index in [-0.39, 0.29) is 5.91 Å². The van der Waals surface area contributed by atoms with Gasteiger partial charge in [0, 0.05) is 0 Å². The van der Waals surface area contributed by atoms with Crippen molar-refractivity contribution in [3.63, 3.8) is 0 Å². The van der Waals surface area contributed by atoms with Gasteiger partial charge in [0.2, 0.25) is 0 Å². The molecule has 0 atom stereocenters. The van der Waals surface area contributed by atoms with Gasteiger partial charge in [0.1, 0.15) is 11.1 Å². The first kappa shape index (κ1) is 12.8. The number of carbonyl (C=O) groups excluding carboxylic acids is 2.